The Morgan fingerprint density at radius 2 is 2.21 bits per heavy atom. The molecule has 3 aromatic rings. The first-order chi connectivity index (χ1) is 9.15. The third kappa shape index (κ3) is 2.26. The van der Waals surface area contributed by atoms with E-state index in [-0.39, 0.29) is 17.1 Å². The molecule has 4 nitrogen and oxygen atoms in total. The Hall–Kier alpha value is -1.73. The number of nitrogens with zero attached hydrogens (tertiary/aromatic N) is 2. The molecule has 0 aliphatic heterocycles. The van der Waals surface area contributed by atoms with Gasteiger partial charge >= 0.3 is 0 Å². The van der Waals surface area contributed by atoms with Gasteiger partial charge in [-0.15, -0.1) is 11.3 Å². The Morgan fingerprint density at radius 1 is 1.37 bits per heavy atom. The van der Waals surface area contributed by atoms with E-state index in [1.807, 2.05) is 11.4 Å². The summed E-state index contributed by atoms with van der Waals surface area (Å²) in [5, 5.41) is 5.75. The van der Waals surface area contributed by atoms with Gasteiger partial charge in [-0.05, 0) is 34.1 Å². The lowest BCUT2D eigenvalue weighted by Gasteiger charge is -2.00. The van der Waals surface area contributed by atoms with Crippen molar-refractivity contribution in [2.45, 2.75) is 0 Å². The fraction of sp³-hybridized carbons (Fsp3) is 0. The van der Waals surface area contributed by atoms with E-state index in [2.05, 4.69) is 26.1 Å². The molecular formula is C12H7BrFN3OS. The SMILES string of the molecule is Nc1cccc(F)c1-c1nc(-c2cc(Br)cs2)no1. The highest BCUT2D eigenvalue weighted by Gasteiger charge is 2.17. The zero-order chi connectivity index (χ0) is 13.4. The van der Waals surface area contributed by atoms with Gasteiger partial charge in [-0.1, -0.05) is 11.2 Å². The zero-order valence-corrected chi connectivity index (χ0v) is 11.8. The topological polar surface area (TPSA) is 64.9 Å². The number of benzene rings is 1. The summed E-state index contributed by atoms with van der Waals surface area (Å²) in [4.78, 5) is 5.01. The van der Waals surface area contributed by atoms with Gasteiger partial charge in [0.05, 0.1) is 10.4 Å². The Balaban J connectivity index is 2.06. The Bertz CT molecular complexity index is 720. The first-order valence-electron chi connectivity index (χ1n) is 5.27. The Labute approximate surface area is 120 Å². The average Bonchev–Trinajstić information content (AvgIpc) is 2.98. The average molecular weight is 340 g/mol. The van der Waals surface area contributed by atoms with Crippen molar-refractivity contribution in [3.05, 3.63) is 39.9 Å². The number of nitrogen functional groups attached to an aromatic ring is 1. The van der Waals surface area contributed by atoms with Crippen LogP contribution < -0.4 is 5.73 Å². The van der Waals surface area contributed by atoms with Gasteiger partial charge < -0.3 is 10.3 Å². The number of nitrogens with two attached hydrogens (primary N) is 1. The molecule has 0 fully saturated rings. The predicted molar refractivity (Wildman–Crippen MR) is 75.1 cm³/mol. The van der Waals surface area contributed by atoms with Gasteiger partial charge in [0, 0.05) is 15.5 Å². The van der Waals surface area contributed by atoms with Crippen LogP contribution >= 0.6 is 27.3 Å². The van der Waals surface area contributed by atoms with Crippen LogP contribution in [0.2, 0.25) is 0 Å². The molecule has 0 saturated heterocycles. The summed E-state index contributed by atoms with van der Waals surface area (Å²) < 4.78 is 19.8. The third-order valence-electron chi connectivity index (χ3n) is 2.47. The third-order valence-corrected chi connectivity index (χ3v) is 4.16. The number of anilines is 1. The Morgan fingerprint density at radius 3 is 2.89 bits per heavy atom. The second kappa shape index (κ2) is 4.75. The second-order valence-corrected chi connectivity index (χ2v) is 5.58. The standard InChI is InChI=1S/C12H7BrFN3OS/c13-6-4-9(19-5-6)11-16-12(18-17-11)10-7(14)2-1-3-8(10)15/h1-5H,15H2. The lowest BCUT2D eigenvalue weighted by molar-refractivity contribution is 0.430. The van der Waals surface area contributed by atoms with Crippen molar-refractivity contribution < 1.29 is 8.91 Å². The van der Waals surface area contributed by atoms with Gasteiger partial charge in [0.15, 0.2) is 0 Å². The molecule has 1 aromatic carbocycles. The smallest absolute Gasteiger partial charge is 0.263 e. The van der Waals surface area contributed by atoms with Gasteiger partial charge in [-0.3, -0.25) is 0 Å². The largest absolute Gasteiger partial charge is 0.398 e. The normalized spacial score (nSPS) is 10.8. The molecule has 0 spiro atoms. The van der Waals surface area contributed by atoms with Gasteiger partial charge in [0.1, 0.15) is 5.82 Å². The van der Waals surface area contributed by atoms with Gasteiger partial charge in [0.25, 0.3) is 5.89 Å². The second-order valence-electron chi connectivity index (χ2n) is 3.76. The highest BCUT2D eigenvalue weighted by molar-refractivity contribution is 9.10. The minimum absolute atomic E-state index is 0.0788. The number of hydrogen-bond donors (Lipinski definition) is 1. The first kappa shape index (κ1) is 12.3. The van der Waals surface area contributed by atoms with E-state index < -0.39 is 5.82 Å². The van der Waals surface area contributed by atoms with Crippen molar-refractivity contribution in [2.75, 3.05) is 5.73 Å². The highest BCUT2D eigenvalue weighted by atomic mass is 79.9. The lowest BCUT2D eigenvalue weighted by Crippen LogP contribution is -1.93. The van der Waals surface area contributed by atoms with E-state index in [1.54, 1.807) is 6.07 Å². The molecule has 0 aliphatic rings. The fourth-order valence-corrected chi connectivity index (χ4v) is 2.97. The molecule has 0 saturated carbocycles. The van der Waals surface area contributed by atoms with Crippen LogP contribution in [0, 0.1) is 5.82 Å². The number of hydrogen-bond acceptors (Lipinski definition) is 5. The first-order valence-corrected chi connectivity index (χ1v) is 6.95. The van der Waals surface area contributed by atoms with Crippen molar-refractivity contribution in [3.8, 4) is 22.2 Å². The maximum absolute atomic E-state index is 13.7. The summed E-state index contributed by atoms with van der Waals surface area (Å²) in [7, 11) is 0. The highest BCUT2D eigenvalue weighted by Crippen LogP contribution is 2.32. The monoisotopic (exact) mass is 339 g/mol. The van der Waals surface area contributed by atoms with Crippen molar-refractivity contribution >= 4 is 33.0 Å². The molecule has 0 bridgehead atoms. The molecule has 3 rings (SSSR count). The van der Waals surface area contributed by atoms with Crippen LogP contribution in [-0.4, -0.2) is 10.1 Å². The fourth-order valence-electron chi connectivity index (χ4n) is 1.62. The van der Waals surface area contributed by atoms with E-state index in [9.17, 15) is 4.39 Å². The minimum atomic E-state index is -0.484. The number of aromatic nitrogens is 2. The molecule has 0 aliphatic carbocycles. The van der Waals surface area contributed by atoms with Crippen LogP contribution in [0.5, 0.6) is 0 Å². The van der Waals surface area contributed by atoms with Gasteiger partial charge in [-0.25, -0.2) is 4.39 Å². The summed E-state index contributed by atoms with van der Waals surface area (Å²) in [5.41, 5.74) is 6.14. The van der Waals surface area contributed by atoms with E-state index in [1.165, 1.54) is 23.5 Å². The van der Waals surface area contributed by atoms with Crippen molar-refractivity contribution in [3.63, 3.8) is 0 Å². The predicted octanol–water partition coefficient (Wildman–Crippen LogP) is 3.95. The van der Waals surface area contributed by atoms with Crippen LogP contribution in [0.25, 0.3) is 22.2 Å². The molecule has 19 heavy (non-hydrogen) atoms. The van der Waals surface area contributed by atoms with Gasteiger partial charge in [0.2, 0.25) is 5.82 Å². The van der Waals surface area contributed by atoms with E-state index in [4.69, 9.17) is 10.3 Å². The quantitative estimate of drug-likeness (QED) is 0.718. The maximum atomic E-state index is 13.7. The summed E-state index contributed by atoms with van der Waals surface area (Å²) in [6, 6.07) is 6.28. The van der Waals surface area contributed by atoms with Crippen LogP contribution in [0.15, 0.2) is 38.6 Å². The molecule has 0 amide bonds. The molecule has 0 unspecified atom stereocenters. The van der Waals surface area contributed by atoms with Crippen molar-refractivity contribution in [1.29, 1.82) is 0 Å². The zero-order valence-electron chi connectivity index (χ0n) is 9.43. The molecule has 2 heterocycles. The number of halogens is 2. The molecule has 96 valence electrons. The Kier molecular flexibility index (Phi) is 3.08. The molecule has 0 atom stereocenters. The summed E-state index contributed by atoms with van der Waals surface area (Å²) in [5.74, 6) is 0.00559. The molecule has 7 heteroatoms. The molecule has 0 radical (unpaired) electrons. The molecule has 2 N–H and O–H groups in total. The van der Waals surface area contributed by atoms with E-state index in [0.717, 1.165) is 9.35 Å². The van der Waals surface area contributed by atoms with Crippen molar-refractivity contribution in [2.24, 2.45) is 0 Å². The van der Waals surface area contributed by atoms with Crippen LogP contribution in [0.4, 0.5) is 10.1 Å². The molecular weight excluding hydrogens is 333 g/mol. The van der Waals surface area contributed by atoms with Crippen LogP contribution in [0.3, 0.4) is 0 Å². The van der Waals surface area contributed by atoms with Crippen molar-refractivity contribution in [1.82, 2.24) is 10.1 Å². The number of thiophene rings is 1. The molecule has 2 aromatic heterocycles. The van der Waals surface area contributed by atoms with Gasteiger partial charge in [-0.2, -0.15) is 4.98 Å². The summed E-state index contributed by atoms with van der Waals surface area (Å²) >= 11 is 4.81. The minimum Gasteiger partial charge on any atom is -0.398 e. The van der Waals surface area contributed by atoms with Crippen LogP contribution in [-0.2, 0) is 0 Å². The maximum Gasteiger partial charge on any atom is 0.263 e. The van der Waals surface area contributed by atoms with Crippen LogP contribution in [0.1, 0.15) is 0 Å². The summed E-state index contributed by atoms with van der Waals surface area (Å²) in [6.07, 6.45) is 0. The van der Waals surface area contributed by atoms with E-state index in [0.29, 0.717) is 5.82 Å². The lowest BCUT2D eigenvalue weighted by atomic mass is 10.1. The number of rotatable bonds is 2. The van der Waals surface area contributed by atoms with E-state index >= 15 is 0 Å². The summed E-state index contributed by atoms with van der Waals surface area (Å²) in [6.45, 7) is 0.